The summed E-state index contributed by atoms with van der Waals surface area (Å²) in [6.45, 7) is -0.892. The molecule has 1 aromatic heterocycles. The number of halogens is 3. The molecule has 1 rings (SSSR count). The zero-order valence-electron chi connectivity index (χ0n) is 6.91. The van der Waals surface area contributed by atoms with Crippen LogP contribution >= 0.6 is 0 Å². The van der Waals surface area contributed by atoms with E-state index in [0.717, 1.165) is 10.7 Å². The second-order valence-corrected chi connectivity index (χ2v) is 2.49. The molecule has 0 saturated carbocycles. The van der Waals surface area contributed by atoms with Crippen LogP contribution < -0.4 is 0 Å². The topological polar surface area (TPSA) is 61.8 Å². The van der Waals surface area contributed by atoms with E-state index in [2.05, 4.69) is 5.10 Å². The number of aliphatic hydroxyl groups is 1. The van der Waals surface area contributed by atoms with E-state index in [1.807, 2.05) is 0 Å². The number of rotatable bonds is 2. The number of hydrogen-bond donors (Lipinski definition) is 1. The Balaban J connectivity index is 3.08. The van der Waals surface area contributed by atoms with Gasteiger partial charge in [-0.3, -0.25) is 4.68 Å². The van der Waals surface area contributed by atoms with Gasteiger partial charge in [0.1, 0.15) is 6.54 Å². The first-order valence-electron chi connectivity index (χ1n) is 3.60. The molecule has 0 aliphatic carbocycles. The second-order valence-electron chi connectivity index (χ2n) is 2.49. The molecule has 1 N–H and O–H groups in total. The molecule has 0 saturated heterocycles. The standard InChI is InChI=1S/C7H6F3N3O/c8-7(9,10)6-3-5(4-14)13(12-6)2-1-11/h3,14H,2,4H2. The van der Waals surface area contributed by atoms with Gasteiger partial charge < -0.3 is 5.11 Å². The molecular formula is C7H6F3N3O. The fraction of sp³-hybridized carbons (Fsp3) is 0.429. The SMILES string of the molecule is N#CCn1nc(C(F)(F)F)cc1CO. The van der Waals surface area contributed by atoms with E-state index in [-0.39, 0.29) is 12.2 Å². The van der Waals surface area contributed by atoms with Crippen molar-refractivity contribution < 1.29 is 18.3 Å². The maximum atomic E-state index is 12.1. The van der Waals surface area contributed by atoms with Crippen LogP contribution in [0, 0.1) is 11.3 Å². The molecule has 0 aliphatic rings. The van der Waals surface area contributed by atoms with Gasteiger partial charge in [0.2, 0.25) is 0 Å². The lowest BCUT2D eigenvalue weighted by Crippen LogP contribution is -2.08. The van der Waals surface area contributed by atoms with Crippen LogP contribution in [0.1, 0.15) is 11.4 Å². The van der Waals surface area contributed by atoms with Gasteiger partial charge in [0.05, 0.1) is 18.4 Å². The monoisotopic (exact) mass is 205 g/mol. The normalized spacial score (nSPS) is 11.4. The molecule has 1 heterocycles. The summed E-state index contributed by atoms with van der Waals surface area (Å²) >= 11 is 0. The van der Waals surface area contributed by atoms with E-state index in [1.165, 1.54) is 0 Å². The maximum absolute atomic E-state index is 12.1. The third-order valence-corrected chi connectivity index (χ3v) is 1.54. The molecule has 0 radical (unpaired) electrons. The van der Waals surface area contributed by atoms with Gasteiger partial charge in [-0.25, -0.2) is 0 Å². The van der Waals surface area contributed by atoms with Crippen molar-refractivity contribution in [1.29, 1.82) is 5.26 Å². The third-order valence-electron chi connectivity index (χ3n) is 1.54. The number of nitriles is 1. The van der Waals surface area contributed by atoms with Crippen molar-refractivity contribution in [3.63, 3.8) is 0 Å². The number of nitrogens with zero attached hydrogens (tertiary/aromatic N) is 3. The molecule has 4 nitrogen and oxygen atoms in total. The molecule has 1 aromatic rings. The molecule has 0 spiro atoms. The summed E-state index contributed by atoms with van der Waals surface area (Å²) in [4.78, 5) is 0. The largest absolute Gasteiger partial charge is 0.435 e. The molecule has 0 amide bonds. The predicted molar refractivity (Wildman–Crippen MR) is 38.8 cm³/mol. The van der Waals surface area contributed by atoms with E-state index < -0.39 is 18.5 Å². The van der Waals surface area contributed by atoms with Gasteiger partial charge in [0.25, 0.3) is 0 Å². The van der Waals surface area contributed by atoms with Crippen LogP contribution in [0.2, 0.25) is 0 Å². The third kappa shape index (κ3) is 2.03. The minimum Gasteiger partial charge on any atom is -0.390 e. The van der Waals surface area contributed by atoms with Crippen molar-refractivity contribution in [2.24, 2.45) is 0 Å². The van der Waals surface area contributed by atoms with E-state index in [1.54, 1.807) is 6.07 Å². The average molecular weight is 205 g/mol. The first-order chi connectivity index (χ1) is 6.49. The van der Waals surface area contributed by atoms with Gasteiger partial charge in [0, 0.05) is 0 Å². The van der Waals surface area contributed by atoms with Gasteiger partial charge >= 0.3 is 6.18 Å². The zero-order chi connectivity index (χ0) is 10.8. The highest BCUT2D eigenvalue weighted by Gasteiger charge is 2.34. The van der Waals surface area contributed by atoms with Crippen molar-refractivity contribution in [2.75, 3.05) is 0 Å². The lowest BCUT2D eigenvalue weighted by Gasteiger charge is -1.99. The molecule has 0 fully saturated rings. The van der Waals surface area contributed by atoms with Crippen LogP contribution in [-0.4, -0.2) is 14.9 Å². The highest BCUT2D eigenvalue weighted by atomic mass is 19.4. The van der Waals surface area contributed by atoms with Gasteiger partial charge in [-0.05, 0) is 6.07 Å². The lowest BCUT2D eigenvalue weighted by atomic mass is 10.3. The van der Waals surface area contributed by atoms with Gasteiger partial charge in [-0.15, -0.1) is 0 Å². The fourth-order valence-corrected chi connectivity index (χ4v) is 0.925. The Morgan fingerprint density at radius 2 is 2.21 bits per heavy atom. The van der Waals surface area contributed by atoms with Crippen LogP contribution in [0.3, 0.4) is 0 Å². The first kappa shape index (κ1) is 10.5. The molecule has 0 bridgehead atoms. The van der Waals surface area contributed by atoms with Crippen molar-refractivity contribution >= 4 is 0 Å². The van der Waals surface area contributed by atoms with Crippen LogP contribution in [-0.2, 0) is 19.3 Å². The first-order valence-corrected chi connectivity index (χ1v) is 3.60. The summed E-state index contributed by atoms with van der Waals surface area (Å²) < 4.78 is 37.2. The summed E-state index contributed by atoms with van der Waals surface area (Å²) in [6.07, 6.45) is -4.55. The Morgan fingerprint density at radius 3 is 2.64 bits per heavy atom. The molecule has 0 aliphatic heterocycles. The smallest absolute Gasteiger partial charge is 0.390 e. The number of aliphatic hydroxyl groups excluding tert-OH is 1. The van der Waals surface area contributed by atoms with Crippen LogP contribution in [0.4, 0.5) is 13.2 Å². The summed E-state index contributed by atoms with van der Waals surface area (Å²) in [7, 11) is 0. The van der Waals surface area contributed by atoms with Crippen molar-refractivity contribution in [3.05, 3.63) is 17.5 Å². The minimum atomic E-state index is -4.55. The van der Waals surface area contributed by atoms with Crippen molar-refractivity contribution in [1.82, 2.24) is 9.78 Å². The summed E-state index contributed by atoms with van der Waals surface area (Å²) in [5.41, 5.74) is -1.13. The molecular weight excluding hydrogens is 199 g/mol. The Morgan fingerprint density at radius 1 is 1.57 bits per heavy atom. The van der Waals surface area contributed by atoms with Gasteiger partial charge in [0.15, 0.2) is 5.69 Å². The van der Waals surface area contributed by atoms with Crippen LogP contribution in [0.5, 0.6) is 0 Å². The molecule has 76 valence electrons. The van der Waals surface area contributed by atoms with Gasteiger partial charge in [-0.2, -0.15) is 23.5 Å². The quantitative estimate of drug-likeness (QED) is 0.780. The Labute approximate surface area is 77.2 Å². The average Bonchev–Trinajstić information content (AvgIpc) is 2.47. The molecule has 14 heavy (non-hydrogen) atoms. The van der Waals surface area contributed by atoms with Crippen LogP contribution in [0.15, 0.2) is 6.07 Å². The van der Waals surface area contributed by atoms with Crippen LogP contribution in [0.25, 0.3) is 0 Å². The Kier molecular flexibility index (Phi) is 2.76. The van der Waals surface area contributed by atoms with Crippen molar-refractivity contribution in [2.45, 2.75) is 19.3 Å². The molecule has 0 aromatic carbocycles. The highest BCUT2D eigenvalue weighted by Crippen LogP contribution is 2.28. The Bertz CT molecular complexity index is 363. The molecule has 0 atom stereocenters. The summed E-state index contributed by atoms with van der Waals surface area (Å²) in [5, 5.41) is 20.1. The maximum Gasteiger partial charge on any atom is 0.435 e. The van der Waals surface area contributed by atoms with Gasteiger partial charge in [-0.1, -0.05) is 0 Å². The molecule has 0 unspecified atom stereocenters. The minimum absolute atomic E-state index is 0.0288. The van der Waals surface area contributed by atoms with Crippen molar-refractivity contribution in [3.8, 4) is 6.07 Å². The molecule has 7 heteroatoms. The predicted octanol–water partition coefficient (Wildman–Crippen LogP) is 0.918. The van der Waals surface area contributed by atoms with E-state index in [0.29, 0.717) is 0 Å². The summed E-state index contributed by atoms with van der Waals surface area (Å²) in [5.74, 6) is 0. The van der Waals surface area contributed by atoms with E-state index in [9.17, 15) is 13.2 Å². The number of aromatic nitrogens is 2. The summed E-state index contributed by atoms with van der Waals surface area (Å²) in [6, 6.07) is 2.37. The zero-order valence-corrected chi connectivity index (χ0v) is 6.91. The second kappa shape index (κ2) is 3.67. The fourth-order valence-electron chi connectivity index (χ4n) is 0.925. The number of hydrogen-bond acceptors (Lipinski definition) is 3. The van der Waals surface area contributed by atoms with E-state index >= 15 is 0 Å². The van der Waals surface area contributed by atoms with E-state index in [4.69, 9.17) is 10.4 Å². The lowest BCUT2D eigenvalue weighted by molar-refractivity contribution is -0.141. The Hall–Kier alpha value is -1.55. The highest BCUT2D eigenvalue weighted by molar-refractivity contribution is 5.13. The number of alkyl halides is 3.